The third-order valence-corrected chi connectivity index (χ3v) is 9.05. The van der Waals surface area contributed by atoms with Gasteiger partial charge in [0.15, 0.2) is 0 Å². The van der Waals surface area contributed by atoms with Crippen molar-refractivity contribution in [1.29, 1.82) is 0 Å². The molecule has 0 radical (unpaired) electrons. The molecule has 0 bridgehead atoms. The Morgan fingerprint density at radius 2 is 1.25 bits per heavy atom. The van der Waals surface area contributed by atoms with Crippen molar-refractivity contribution < 1.29 is 49.0 Å². The van der Waals surface area contributed by atoms with Crippen LogP contribution >= 0.6 is 0 Å². The van der Waals surface area contributed by atoms with Gasteiger partial charge >= 0.3 is 59.5 Å². The van der Waals surface area contributed by atoms with Crippen LogP contribution in [0.5, 0.6) is 0 Å². The Morgan fingerprint density at radius 1 is 0.800 bits per heavy atom. The molecule has 5 rings (SSSR count). The summed E-state index contributed by atoms with van der Waals surface area (Å²) in [6, 6.07) is 16.2. The normalized spacial score (nSPS) is 17.2. The molecule has 0 heterocycles. The summed E-state index contributed by atoms with van der Waals surface area (Å²) in [6.45, 7) is 22.4. The van der Waals surface area contributed by atoms with Gasteiger partial charge in [0.1, 0.15) is 0 Å². The molecular formula is C37H50Cl2Zr-2. The monoisotopic (exact) mass is 654 g/mol. The summed E-state index contributed by atoms with van der Waals surface area (Å²) in [7, 11) is 0. The first kappa shape index (κ1) is 37.1. The Labute approximate surface area is 273 Å². The molecule has 1 saturated carbocycles. The van der Waals surface area contributed by atoms with Gasteiger partial charge in [-0.3, -0.25) is 6.08 Å². The van der Waals surface area contributed by atoms with Gasteiger partial charge in [0.2, 0.25) is 0 Å². The first-order valence-electron chi connectivity index (χ1n) is 14.7. The average molecular weight is 657 g/mol. The Kier molecular flexibility index (Phi) is 14.4. The quantitative estimate of drug-likeness (QED) is 0.326. The molecule has 2 aliphatic carbocycles. The molecule has 3 heteroatoms. The standard InChI is InChI=1S/C21H25.C10H15.C6H10.2ClH.Zr/c1-20(2,3)16-7-9-18-14(12-16)11-15-13-17(21(4,5)6)8-10-19(15)18;1-7(2)10-6-8(3)5-9(10)4;1-2-4-6-5-3-1;;;/h7-13H,1-6H3;6-8H,1-4H3;1-5H2;2*1H;/q2*-1;;;;+2/p-2. The van der Waals surface area contributed by atoms with E-state index in [-0.39, 0.29) is 35.6 Å². The van der Waals surface area contributed by atoms with Crippen LogP contribution < -0.4 is 24.8 Å². The van der Waals surface area contributed by atoms with Gasteiger partial charge in [0.25, 0.3) is 0 Å². The van der Waals surface area contributed by atoms with Gasteiger partial charge in [-0.2, -0.15) is 11.6 Å². The Morgan fingerprint density at radius 3 is 1.52 bits per heavy atom. The molecule has 218 valence electrons. The zero-order valence-electron chi connectivity index (χ0n) is 26.6. The summed E-state index contributed by atoms with van der Waals surface area (Å²) in [5.74, 6) is 1.20. The van der Waals surface area contributed by atoms with Crippen LogP contribution in [0.2, 0.25) is 0 Å². The predicted molar refractivity (Wildman–Crippen MR) is 167 cm³/mol. The Balaban J connectivity index is 0.000000351. The molecule has 0 amide bonds. The van der Waals surface area contributed by atoms with E-state index in [9.17, 15) is 0 Å². The predicted octanol–water partition coefficient (Wildman–Crippen LogP) is 4.95. The summed E-state index contributed by atoms with van der Waals surface area (Å²) >= 11 is 1.69. The van der Waals surface area contributed by atoms with Crippen molar-refractivity contribution in [2.45, 2.75) is 112 Å². The Hall–Kier alpha value is -0.877. The number of allylic oxidation sites excluding steroid dienone is 4. The van der Waals surface area contributed by atoms with Crippen LogP contribution in [0.3, 0.4) is 0 Å². The van der Waals surface area contributed by atoms with Gasteiger partial charge in [-0.15, -0.1) is 39.7 Å². The molecule has 40 heavy (non-hydrogen) atoms. The van der Waals surface area contributed by atoms with Crippen LogP contribution in [0, 0.1) is 17.9 Å². The molecule has 1 unspecified atom stereocenters. The fourth-order valence-corrected chi connectivity index (χ4v) is 6.29. The van der Waals surface area contributed by atoms with Crippen LogP contribution in [-0.4, -0.2) is 3.21 Å². The third kappa shape index (κ3) is 10.1. The summed E-state index contributed by atoms with van der Waals surface area (Å²) in [5, 5.41) is 5.48. The number of hydrogen-bond acceptors (Lipinski definition) is 0. The van der Waals surface area contributed by atoms with Gasteiger partial charge < -0.3 is 24.8 Å². The second-order valence-electron chi connectivity index (χ2n) is 13.7. The summed E-state index contributed by atoms with van der Waals surface area (Å²) in [4.78, 5) is 0. The van der Waals surface area contributed by atoms with Crippen LogP contribution in [0.25, 0.3) is 21.5 Å². The zero-order valence-corrected chi connectivity index (χ0v) is 30.5. The fraction of sp³-hybridized carbons (Fsp3) is 0.514. The van der Waals surface area contributed by atoms with E-state index >= 15 is 0 Å². The van der Waals surface area contributed by atoms with Gasteiger partial charge in [-0.25, -0.2) is 5.57 Å². The van der Waals surface area contributed by atoms with Gasteiger partial charge in [0.05, 0.1) is 0 Å². The van der Waals surface area contributed by atoms with Gasteiger partial charge in [-0.05, 0) is 10.8 Å². The van der Waals surface area contributed by atoms with E-state index in [4.69, 9.17) is 0 Å². The Bertz CT molecular complexity index is 1250. The molecular weight excluding hydrogens is 607 g/mol. The van der Waals surface area contributed by atoms with Crippen molar-refractivity contribution in [3.8, 4) is 0 Å². The topological polar surface area (TPSA) is 0 Å². The number of benzene rings is 2. The maximum absolute atomic E-state index is 3.37. The fourth-order valence-electron chi connectivity index (χ4n) is 5.42. The molecule has 0 spiro atoms. The van der Waals surface area contributed by atoms with Crippen LogP contribution in [0.1, 0.15) is 112 Å². The molecule has 0 saturated heterocycles. The molecule has 0 nitrogen and oxygen atoms in total. The molecule has 2 aliphatic rings. The molecule has 0 aromatic heterocycles. The van der Waals surface area contributed by atoms with Crippen molar-refractivity contribution in [1.82, 2.24) is 0 Å². The number of hydrogen-bond donors (Lipinski definition) is 0. The summed E-state index contributed by atoms with van der Waals surface area (Å²) in [6.07, 6.45) is 13.0. The van der Waals surface area contributed by atoms with E-state index in [1.807, 2.05) is 0 Å². The van der Waals surface area contributed by atoms with E-state index in [1.54, 1.807) is 27.4 Å². The molecule has 3 aromatic rings. The van der Waals surface area contributed by atoms with Crippen molar-refractivity contribution in [3.63, 3.8) is 0 Å². The van der Waals surface area contributed by atoms with Gasteiger partial charge in [0, 0.05) is 0 Å². The number of rotatable bonds is 1. The first-order valence-corrected chi connectivity index (χ1v) is 15.9. The molecule has 0 N–H and O–H groups in total. The molecule has 1 fully saturated rings. The van der Waals surface area contributed by atoms with E-state index in [0.717, 1.165) is 0 Å². The number of fused-ring (bicyclic) bond motifs is 3. The summed E-state index contributed by atoms with van der Waals surface area (Å²) < 4.78 is 1.80. The SMILES string of the molecule is CC(C)(C)c1ccc2c(c1)[cH-]c1cc(C(C)(C)C)ccc12.CC1=[C-]C(C)C=C1C(C)C.[Cl-].[Cl-].[Zr+2]=[C]1CCCCC1. The van der Waals surface area contributed by atoms with Gasteiger partial charge in [-0.1, -0.05) is 116 Å². The van der Waals surface area contributed by atoms with E-state index in [2.05, 4.69) is 124 Å². The second-order valence-corrected chi connectivity index (χ2v) is 15.5. The van der Waals surface area contributed by atoms with Crippen LogP contribution in [-0.2, 0) is 35.1 Å². The second kappa shape index (κ2) is 15.6. The van der Waals surface area contributed by atoms with Crippen molar-refractivity contribution in [2.75, 3.05) is 0 Å². The molecule has 3 aromatic carbocycles. The summed E-state index contributed by atoms with van der Waals surface area (Å²) in [5.41, 5.74) is 6.04. The van der Waals surface area contributed by atoms with E-state index in [1.165, 1.54) is 75.9 Å². The molecule has 1 atom stereocenters. The first-order chi connectivity index (χ1) is 17.7. The van der Waals surface area contributed by atoms with Crippen molar-refractivity contribution in [3.05, 3.63) is 76.9 Å². The maximum atomic E-state index is 3.37. The zero-order chi connectivity index (χ0) is 28.3. The van der Waals surface area contributed by atoms with Crippen LogP contribution in [0.15, 0.2) is 59.7 Å². The molecule has 0 aliphatic heterocycles. The van der Waals surface area contributed by atoms with E-state index < -0.39 is 0 Å². The minimum absolute atomic E-state index is 0. The van der Waals surface area contributed by atoms with Crippen LogP contribution in [0.4, 0.5) is 0 Å². The van der Waals surface area contributed by atoms with E-state index in [0.29, 0.717) is 11.8 Å². The number of halogens is 2. The van der Waals surface area contributed by atoms with Crippen molar-refractivity contribution >= 4 is 24.8 Å². The minimum atomic E-state index is 0. The van der Waals surface area contributed by atoms with Crippen molar-refractivity contribution in [2.24, 2.45) is 11.8 Å². The average Bonchev–Trinajstić information content (AvgIpc) is 3.37. The third-order valence-electron chi connectivity index (χ3n) is 7.82.